The minimum absolute atomic E-state index is 0.200. The van der Waals surface area contributed by atoms with Crippen LogP contribution in [0.15, 0.2) is 6.07 Å². The molecule has 5 nitrogen and oxygen atoms in total. The molecule has 0 aromatic carbocycles. The van der Waals surface area contributed by atoms with Gasteiger partial charge >= 0.3 is 5.97 Å². The number of nitriles is 1. The Hall–Kier alpha value is -2.09. The number of aliphatic carboxylic acids is 1. The first kappa shape index (κ1) is 14.3. The molecule has 0 radical (unpaired) electrons. The van der Waals surface area contributed by atoms with E-state index in [9.17, 15) is 10.1 Å². The van der Waals surface area contributed by atoms with Crippen LogP contribution in [-0.4, -0.2) is 22.1 Å². The van der Waals surface area contributed by atoms with E-state index in [1.807, 2.05) is 19.9 Å². The molecule has 0 saturated heterocycles. The first-order valence-electron chi connectivity index (χ1n) is 6.89. The lowest BCUT2D eigenvalue weighted by molar-refractivity contribution is -0.142. The molecule has 1 saturated carbocycles. The smallest absolute Gasteiger partial charge is 0.306 e. The van der Waals surface area contributed by atoms with Crippen molar-refractivity contribution in [3.8, 4) is 6.07 Å². The lowest BCUT2D eigenvalue weighted by Crippen LogP contribution is -2.30. The molecule has 20 heavy (non-hydrogen) atoms. The number of hydrogen-bond acceptors (Lipinski definition) is 4. The Morgan fingerprint density at radius 2 is 2.05 bits per heavy atom. The lowest BCUT2D eigenvalue weighted by atomic mass is 9.86. The summed E-state index contributed by atoms with van der Waals surface area (Å²) in [6.45, 7) is 3.81. The highest BCUT2D eigenvalue weighted by atomic mass is 16.4. The summed E-state index contributed by atoms with van der Waals surface area (Å²) in [6.07, 6.45) is 2.96. The second-order valence-electron chi connectivity index (χ2n) is 5.45. The van der Waals surface area contributed by atoms with Gasteiger partial charge in [0.25, 0.3) is 0 Å². The third kappa shape index (κ3) is 3.08. The van der Waals surface area contributed by atoms with Crippen LogP contribution in [0.4, 0.5) is 5.82 Å². The highest BCUT2D eigenvalue weighted by Gasteiger charge is 2.26. The number of aryl methyl sites for hydroxylation is 2. The van der Waals surface area contributed by atoms with Crippen molar-refractivity contribution >= 4 is 11.8 Å². The number of carboxylic acid groups (broad SMARTS) is 1. The molecule has 0 amide bonds. The number of rotatable bonds is 3. The number of pyridine rings is 1. The molecule has 1 heterocycles. The molecule has 106 valence electrons. The summed E-state index contributed by atoms with van der Waals surface area (Å²) >= 11 is 0. The Balaban J connectivity index is 2.09. The van der Waals surface area contributed by atoms with E-state index >= 15 is 0 Å². The number of aromatic nitrogens is 1. The fourth-order valence-corrected chi connectivity index (χ4v) is 2.76. The van der Waals surface area contributed by atoms with Crippen molar-refractivity contribution in [1.82, 2.24) is 4.98 Å². The van der Waals surface area contributed by atoms with Crippen molar-refractivity contribution in [2.24, 2.45) is 5.92 Å². The van der Waals surface area contributed by atoms with E-state index in [2.05, 4.69) is 16.4 Å². The molecule has 0 bridgehead atoms. The van der Waals surface area contributed by atoms with Gasteiger partial charge in [0.2, 0.25) is 0 Å². The zero-order valence-electron chi connectivity index (χ0n) is 11.8. The molecule has 1 aromatic rings. The van der Waals surface area contributed by atoms with Gasteiger partial charge in [-0.3, -0.25) is 4.79 Å². The van der Waals surface area contributed by atoms with Gasteiger partial charge in [-0.2, -0.15) is 5.26 Å². The molecule has 1 fully saturated rings. The van der Waals surface area contributed by atoms with E-state index in [4.69, 9.17) is 5.11 Å². The predicted octanol–water partition coefficient (Wildman–Crippen LogP) is 2.63. The first-order chi connectivity index (χ1) is 9.51. The van der Waals surface area contributed by atoms with Crippen LogP contribution in [0.2, 0.25) is 0 Å². The van der Waals surface area contributed by atoms with Crippen LogP contribution >= 0.6 is 0 Å². The van der Waals surface area contributed by atoms with Crippen molar-refractivity contribution in [2.45, 2.75) is 45.6 Å². The van der Waals surface area contributed by atoms with Gasteiger partial charge in [0.05, 0.1) is 11.5 Å². The van der Waals surface area contributed by atoms with Crippen molar-refractivity contribution in [2.75, 3.05) is 5.32 Å². The number of carbonyl (C=O) groups is 1. The van der Waals surface area contributed by atoms with E-state index in [1.54, 1.807) is 0 Å². The van der Waals surface area contributed by atoms with E-state index in [0.717, 1.165) is 24.1 Å². The monoisotopic (exact) mass is 273 g/mol. The average Bonchev–Trinajstić information content (AvgIpc) is 2.39. The summed E-state index contributed by atoms with van der Waals surface area (Å²) in [7, 11) is 0. The van der Waals surface area contributed by atoms with Crippen LogP contribution in [0.5, 0.6) is 0 Å². The maximum Gasteiger partial charge on any atom is 0.306 e. The number of nitrogens with zero attached hydrogens (tertiary/aromatic N) is 2. The molecule has 0 unspecified atom stereocenters. The summed E-state index contributed by atoms with van der Waals surface area (Å²) in [5.41, 5.74) is 2.38. The van der Waals surface area contributed by atoms with Gasteiger partial charge < -0.3 is 10.4 Å². The van der Waals surface area contributed by atoms with Crippen LogP contribution in [0.25, 0.3) is 0 Å². The SMILES string of the molecule is Cc1cc(C)c(C#N)c(NC2CCC(C(=O)O)CC2)n1. The molecular formula is C15H19N3O2. The van der Waals surface area contributed by atoms with E-state index in [0.29, 0.717) is 24.2 Å². The Bertz CT molecular complexity index is 555. The van der Waals surface area contributed by atoms with Gasteiger partial charge in [0.15, 0.2) is 0 Å². The summed E-state index contributed by atoms with van der Waals surface area (Å²) in [5, 5.41) is 21.5. The van der Waals surface area contributed by atoms with Crippen molar-refractivity contribution in [3.63, 3.8) is 0 Å². The van der Waals surface area contributed by atoms with Crippen molar-refractivity contribution in [1.29, 1.82) is 5.26 Å². The fourth-order valence-electron chi connectivity index (χ4n) is 2.76. The Kier molecular flexibility index (Phi) is 4.23. The highest BCUT2D eigenvalue weighted by molar-refractivity contribution is 5.70. The first-order valence-corrected chi connectivity index (χ1v) is 6.89. The van der Waals surface area contributed by atoms with Gasteiger partial charge in [0.1, 0.15) is 11.9 Å². The Morgan fingerprint density at radius 1 is 1.40 bits per heavy atom. The molecular weight excluding hydrogens is 254 g/mol. The standard InChI is InChI=1S/C15H19N3O2/c1-9-7-10(2)17-14(13(9)8-16)18-12-5-3-11(4-6-12)15(19)20/h7,11-12H,3-6H2,1-2H3,(H,17,18)(H,19,20). The van der Waals surface area contributed by atoms with Crippen LogP contribution in [0.1, 0.15) is 42.5 Å². The summed E-state index contributed by atoms with van der Waals surface area (Å²) in [5.74, 6) is -0.301. The summed E-state index contributed by atoms with van der Waals surface area (Å²) < 4.78 is 0. The second kappa shape index (κ2) is 5.91. The fraction of sp³-hybridized carbons (Fsp3) is 0.533. The lowest BCUT2D eigenvalue weighted by Gasteiger charge is -2.27. The molecule has 0 spiro atoms. The number of nitrogens with one attached hydrogen (secondary N) is 1. The highest BCUT2D eigenvalue weighted by Crippen LogP contribution is 2.28. The number of anilines is 1. The normalized spacial score (nSPS) is 22.1. The molecule has 0 atom stereocenters. The van der Waals surface area contributed by atoms with Crippen LogP contribution in [0.3, 0.4) is 0 Å². The Labute approximate surface area is 118 Å². The topological polar surface area (TPSA) is 86.0 Å². The Morgan fingerprint density at radius 3 is 2.60 bits per heavy atom. The molecule has 1 aliphatic carbocycles. The summed E-state index contributed by atoms with van der Waals surface area (Å²) in [4.78, 5) is 15.3. The van der Waals surface area contributed by atoms with Crippen LogP contribution in [-0.2, 0) is 4.79 Å². The molecule has 5 heteroatoms. The molecule has 1 aromatic heterocycles. The van der Waals surface area contributed by atoms with Crippen molar-refractivity contribution in [3.05, 3.63) is 22.9 Å². The van der Waals surface area contributed by atoms with Crippen LogP contribution in [0, 0.1) is 31.1 Å². The average molecular weight is 273 g/mol. The van der Waals surface area contributed by atoms with Gasteiger partial charge in [-0.05, 0) is 51.2 Å². The maximum absolute atomic E-state index is 10.9. The summed E-state index contributed by atoms with van der Waals surface area (Å²) in [6, 6.07) is 4.28. The van der Waals surface area contributed by atoms with E-state index in [-0.39, 0.29) is 12.0 Å². The predicted molar refractivity (Wildman–Crippen MR) is 75.4 cm³/mol. The maximum atomic E-state index is 10.9. The minimum Gasteiger partial charge on any atom is -0.481 e. The third-order valence-electron chi connectivity index (χ3n) is 3.87. The van der Waals surface area contributed by atoms with E-state index in [1.165, 1.54) is 0 Å². The largest absolute Gasteiger partial charge is 0.481 e. The van der Waals surface area contributed by atoms with Gasteiger partial charge in [-0.1, -0.05) is 0 Å². The van der Waals surface area contributed by atoms with Gasteiger partial charge in [-0.25, -0.2) is 4.98 Å². The van der Waals surface area contributed by atoms with Gasteiger partial charge in [0, 0.05) is 11.7 Å². The molecule has 2 N–H and O–H groups in total. The molecule has 0 aliphatic heterocycles. The van der Waals surface area contributed by atoms with Gasteiger partial charge in [-0.15, -0.1) is 0 Å². The minimum atomic E-state index is -0.703. The van der Waals surface area contributed by atoms with E-state index < -0.39 is 5.97 Å². The molecule has 1 aliphatic rings. The second-order valence-corrected chi connectivity index (χ2v) is 5.45. The number of hydrogen-bond donors (Lipinski definition) is 2. The van der Waals surface area contributed by atoms with Crippen molar-refractivity contribution < 1.29 is 9.90 Å². The number of carboxylic acids is 1. The quantitative estimate of drug-likeness (QED) is 0.884. The van der Waals surface area contributed by atoms with Crippen LogP contribution < -0.4 is 5.32 Å². The zero-order chi connectivity index (χ0) is 14.7. The molecule has 2 rings (SSSR count). The third-order valence-corrected chi connectivity index (χ3v) is 3.87. The zero-order valence-corrected chi connectivity index (χ0v) is 11.8.